The van der Waals surface area contributed by atoms with E-state index in [1.807, 2.05) is 0 Å². The molecule has 1 amide bonds. The van der Waals surface area contributed by atoms with Gasteiger partial charge in [-0.05, 0) is 55.2 Å². The van der Waals surface area contributed by atoms with Crippen LogP contribution in [0, 0.1) is 17.2 Å². The lowest BCUT2D eigenvalue weighted by Crippen LogP contribution is -2.31. The SMILES string of the molecule is Nc1cc(F)ccc1C(=O)NCC1(C2CC2)CC1. The van der Waals surface area contributed by atoms with E-state index in [1.165, 1.54) is 43.9 Å². The molecule has 0 aromatic heterocycles. The highest BCUT2D eigenvalue weighted by Gasteiger charge is 2.53. The van der Waals surface area contributed by atoms with Crippen LogP contribution < -0.4 is 11.1 Å². The molecule has 0 radical (unpaired) electrons. The Morgan fingerprint density at radius 1 is 1.44 bits per heavy atom. The zero-order chi connectivity index (χ0) is 12.8. The molecule has 0 unspecified atom stereocenters. The number of nitrogens with one attached hydrogen (secondary N) is 1. The first kappa shape index (κ1) is 11.5. The molecule has 4 heteroatoms. The highest BCUT2D eigenvalue weighted by molar-refractivity contribution is 5.99. The van der Waals surface area contributed by atoms with Gasteiger partial charge in [0.2, 0.25) is 0 Å². The molecule has 2 aliphatic carbocycles. The first-order valence-corrected chi connectivity index (χ1v) is 6.44. The molecule has 0 atom stereocenters. The molecule has 0 spiro atoms. The van der Waals surface area contributed by atoms with E-state index in [1.54, 1.807) is 0 Å². The topological polar surface area (TPSA) is 55.1 Å². The number of halogens is 1. The second-order valence-corrected chi connectivity index (χ2v) is 5.55. The number of benzene rings is 1. The van der Waals surface area contributed by atoms with E-state index in [2.05, 4.69) is 5.32 Å². The van der Waals surface area contributed by atoms with E-state index in [4.69, 9.17) is 5.73 Å². The molecular weight excluding hydrogens is 231 g/mol. The molecule has 0 bridgehead atoms. The Bertz CT molecular complexity index is 493. The average Bonchev–Trinajstić information content (AvgIpc) is 3.17. The number of hydrogen-bond acceptors (Lipinski definition) is 2. The van der Waals surface area contributed by atoms with Gasteiger partial charge in [0.25, 0.3) is 5.91 Å². The molecule has 2 saturated carbocycles. The van der Waals surface area contributed by atoms with Gasteiger partial charge < -0.3 is 11.1 Å². The van der Waals surface area contributed by atoms with E-state index in [0.29, 0.717) is 11.0 Å². The van der Waals surface area contributed by atoms with Gasteiger partial charge >= 0.3 is 0 Å². The third kappa shape index (κ3) is 2.07. The fourth-order valence-electron chi connectivity index (χ4n) is 2.68. The Balaban J connectivity index is 1.64. The number of carbonyl (C=O) groups excluding carboxylic acids is 1. The summed E-state index contributed by atoms with van der Waals surface area (Å²) in [6.45, 7) is 0.729. The van der Waals surface area contributed by atoms with E-state index >= 15 is 0 Å². The lowest BCUT2D eigenvalue weighted by molar-refractivity contribution is 0.0943. The normalized spacial score (nSPS) is 20.5. The lowest BCUT2D eigenvalue weighted by atomic mass is 10.0. The monoisotopic (exact) mass is 248 g/mol. The molecule has 0 saturated heterocycles. The van der Waals surface area contributed by atoms with Crippen molar-refractivity contribution in [2.24, 2.45) is 11.3 Å². The summed E-state index contributed by atoms with van der Waals surface area (Å²) >= 11 is 0. The van der Waals surface area contributed by atoms with Crippen molar-refractivity contribution < 1.29 is 9.18 Å². The van der Waals surface area contributed by atoms with Crippen LogP contribution >= 0.6 is 0 Å². The minimum Gasteiger partial charge on any atom is -0.398 e. The summed E-state index contributed by atoms with van der Waals surface area (Å²) < 4.78 is 12.9. The molecule has 3 rings (SSSR count). The number of rotatable bonds is 4. The minimum atomic E-state index is -0.416. The van der Waals surface area contributed by atoms with Gasteiger partial charge in [0.05, 0.1) is 5.56 Å². The summed E-state index contributed by atoms with van der Waals surface area (Å²) in [6.07, 6.45) is 5.04. The van der Waals surface area contributed by atoms with Crippen molar-refractivity contribution in [3.63, 3.8) is 0 Å². The highest BCUT2D eigenvalue weighted by atomic mass is 19.1. The molecular formula is C14H17FN2O. The number of carbonyl (C=O) groups is 1. The summed E-state index contributed by atoms with van der Waals surface area (Å²) in [5, 5.41) is 2.94. The Kier molecular flexibility index (Phi) is 2.54. The highest BCUT2D eigenvalue weighted by Crippen LogP contribution is 2.60. The predicted octanol–water partition coefficient (Wildman–Crippen LogP) is 2.33. The lowest BCUT2D eigenvalue weighted by Gasteiger charge is -2.15. The molecule has 3 nitrogen and oxygen atoms in total. The Morgan fingerprint density at radius 2 is 2.17 bits per heavy atom. The van der Waals surface area contributed by atoms with Crippen LogP contribution in [0.1, 0.15) is 36.0 Å². The summed E-state index contributed by atoms with van der Waals surface area (Å²) in [7, 11) is 0. The largest absolute Gasteiger partial charge is 0.398 e. The minimum absolute atomic E-state index is 0.195. The molecule has 96 valence electrons. The Hall–Kier alpha value is -1.58. The molecule has 1 aromatic rings. The number of anilines is 1. The maximum absolute atomic E-state index is 12.9. The first-order valence-electron chi connectivity index (χ1n) is 6.44. The molecule has 18 heavy (non-hydrogen) atoms. The van der Waals surface area contributed by atoms with Gasteiger partial charge in [0.15, 0.2) is 0 Å². The number of hydrogen-bond donors (Lipinski definition) is 2. The van der Waals surface area contributed by atoms with Crippen LogP contribution in [0.15, 0.2) is 18.2 Å². The quantitative estimate of drug-likeness (QED) is 0.803. The van der Waals surface area contributed by atoms with Crippen molar-refractivity contribution in [1.82, 2.24) is 5.32 Å². The average molecular weight is 248 g/mol. The van der Waals surface area contributed by atoms with Gasteiger partial charge in [0, 0.05) is 12.2 Å². The fourth-order valence-corrected chi connectivity index (χ4v) is 2.68. The van der Waals surface area contributed by atoms with Crippen molar-refractivity contribution in [3.8, 4) is 0 Å². The van der Waals surface area contributed by atoms with Gasteiger partial charge in [-0.3, -0.25) is 4.79 Å². The van der Waals surface area contributed by atoms with Crippen molar-refractivity contribution in [2.45, 2.75) is 25.7 Å². The Labute approximate surface area is 106 Å². The van der Waals surface area contributed by atoms with E-state index in [0.717, 1.165) is 12.5 Å². The van der Waals surface area contributed by atoms with Crippen molar-refractivity contribution in [1.29, 1.82) is 0 Å². The molecule has 1 aromatic carbocycles. The maximum Gasteiger partial charge on any atom is 0.253 e. The third-order valence-corrected chi connectivity index (χ3v) is 4.19. The van der Waals surface area contributed by atoms with Gasteiger partial charge in [0.1, 0.15) is 5.82 Å². The smallest absolute Gasteiger partial charge is 0.253 e. The molecule has 2 aliphatic rings. The third-order valence-electron chi connectivity index (χ3n) is 4.19. The molecule has 2 fully saturated rings. The van der Waals surface area contributed by atoms with Gasteiger partial charge in [-0.2, -0.15) is 0 Å². The van der Waals surface area contributed by atoms with Crippen LogP contribution in [0.2, 0.25) is 0 Å². The number of nitrogens with two attached hydrogens (primary N) is 1. The van der Waals surface area contributed by atoms with Gasteiger partial charge in [-0.1, -0.05) is 0 Å². The summed E-state index contributed by atoms with van der Waals surface area (Å²) in [6, 6.07) is 3.89. The van der Waals surface area contributed by atoms with Crippen molar-refractivity contribution in [2.75, 3.05) is 12.3 Å². The molecule has 3 N–H and O–H groups in total. The van der Waals surface area contributed by atoms with Crippen LogP contribution in [0.3, 0.4) is 0 Å². The van der Waals surface area contributed by atoms with E-state index < -0.39 is 5.82 Å². The van der Waals surface area contributed by atoms with Crippen LogP contribution in [0.25, 0.3) is 0 Å². The summed E-state index contributed by atoms with van der Waals surface area (Å²) in [5.41, 5.74) is 6.58. The van der Waals surface area contributed by atoms with E-state index in [-0.39, 0.29) is 11.6 Å². The zero-order valence-corrected chi connectivity index (χ0v) is 10.2. The van der Waals surface area contributed by atoms with Gasteiger partial charge in [-0.15, -0.1) is 0 Å². The first-order chi connectivity index (χ1) is 8.61. The van der Waals surface area contributed by atoms with Crippen LogP contribution in [0.4, 0.5) is 10.1 Å². The predicted molar refractivity (Wildman–Crippen MR) is 67.5 cm³/mol. The molecule has 0 aliphatic heterocycles. The number of amides is 1. The zero-order valence-electron chi connectivity index (χ0n) is 10.2. The van der Waals surface area contributed by atoms with Crippen molar-refractivity contribution in [3.05, 3.63) is 29.6 Å². The fraction of sp³-hybridized carbons (Fsp3) is 0.500. The van der Waals surface area contributed by atoms with Crippen LogP contribution in [0.5, 0.6) is 0 Å². The van der Waals surface area contributed by atoms with Crippen molar-refractivity contribution >= 4 is 11.6 Å². The maximum atomic E-state index is 12.9. The Morgan fingerprint density at radius 3 is 2.72 bits per heavy atom. The van der Waals surface area contributed by atoms with Crippen LogP contribution in [-0.4, -0.2) is 12.5 Å². The van der Waals surface area contributed by atoms with E-state index in [9.17, 15) is 9.18 Å². The van der Waals surface area contributed by atoms with Crippen LogP contribution in [-0.2, 0) is 0 Å². The second-order valence-electron chi connectivity index (χ2n) is 5.55. The second kappa shape index (κ2) is 3.97. The summed E-state index contributed by atoms with van der Waals surface area (Å²) in [4.78, 5) is 12.0. The summed E-state index contributed by atoms with van der Waals surface area (Å²) in [5.74, 6) is 0.198. The standard InChI is InChI=1S/C14H17FN2O/c15-10-3-4-11(12(16)7-10)13(18)17-8-14(5-6-14)9-1-2-9/h3-4,7,9H,1-2,5-6,8,16H2,(H,17,18). The number of nitrogen functional groups attached to an aromatic ring is 1. The molecule has 0 heterocycles. The van der Waals surface area contributed by atoms with Gasteiger partial charge in [-0.25, -0.2) is 4.39 Å².